The summed E-state index contributed by atoms with van der Waals surface area (Å²) >= 11 is 0. The van der Waals surface area contributed by atoms with E-state index in [1.807, 2.05) is 12.2 Å². The summed E-state index contributed by atoms with van der Waals surface area (Å²) < 4.78 is 0. The van der Waals surface area contributed by atoms with Gasteiger partial charge in [0.25, 0.3) is 0 Å². The standard InChI is InChI=1S/C17H18O3/c1-11(18)13-6-8-14(9-7-13)17(20)16-5-3-4-15(10-16)12(2)19/h3-6,8,10,13-14H,7,9H2,1-2H3. The first kappa shape index (κ1) is 14.4. The Hall–Kier alpha value is -2.03. The largest absolute Gasteiger partial charge is 0.299 e. The van der Waals surface area contributed by atoms with Gasteiger partial charge in [-0.1, -0.05) is 30.4 Å². The van der Waals surface area contributed by atoms with Crippen LogP contribution in [-0.2, 0) is 4.79 Å². The van der Waals surface area contributed by atoms with Crippen LogP contribution < -0.4 is 0 Å². The molecule has 0 saturated carbocycles. The highest BCUT2D eigenvalue weighted by Crippen LogP contribution is 2.26. The SMILES string of the molecule is CC(=O)c1cccc(C(=O)C2C=CC(C(C)=O)CC2)c1. The summed E-state index contributed by atoms with van der Waals surface area (Å²) in [5.74, 6) is -0.122. The van der Waals surface area contributed by atoms with Crippen molar-refractivity contribution >= 4 is 17.3 Å². The molecule has 2 unspecified atom stereocenters. The van der Waals surface area contributed by atoms with Crippen molar-refractivity contribution < 1.29 is 14.4 Å². The van der Waals surface area contributed by atoms with Gasteiger partial charge in [-0.25, -0.2) is 0 Å². The lowest BCUT2D eigenvalue weighted by atomic mass is 9.82. The minimum atomic E-state index is -0.187. The van der Waals surface area contributed by atoms with Gasteiger partial charge >= 0.3 is 0 Å². The van der Waals surface area contributed by atoms with Crippen LogP contribution in [0.1, 0.15) is 47.4 Å². The first-order valence-electron chi connectivity index (χ1n) is 6.83. The molecule has 1 aromatic rings. The summed E-state index contributed by atoms with van der Waals surface area (Å²) in [5, 5.41) is 0. The fraction of sp³-hybridized carbons (Fsp3) is 0.353. The van der Waals surface area contributed by atoms with Gasteiger partial charge in [0.1, 0.15) is 5.78 Å². The number of carbonyl (C=O) groups is 3. The van der Waals surface area contributed by atoms with E-state index in [-0.39, 0.29) is 29.2 Å². The summed E-state index contributed by atoms with van der Waals surface area (Å²) in [6, 6.07) is 6.83. The molecular weight excluding hydrogens is 252 g/mol. The fourth-order valence-corrected chi connectivity index (χ4v) is 2.48. The highest BCUT2D eigenvalue weighted by Gasteiger charge is 2.24. The zero-order valence-electron chi connectivity index (χ0n) is 11.8. The molecule has 0 bridgehead atoms. The number of Topliss-reactive ketones (excluding diaryl/α,β-unsaturated/α-hetero) is 3. The second kappa shape index (κ2) is 5.95. The zero-order valence-corrected chi connectivity index (χ0v) is 11.8. The Kier molecular flexibility index (Phi) is 4.28. The Bertz CT molecular complexity index is 584. The van der Waals surface area contributed by atoms with Gasteiger partial charge in [0.15, 0.2) is 11.6 Å². The van der Waals surface area contributed by atoms with Gasteiger partial charge in [-0.15, -0.1) is 0 Å². The Balaban J connectivity index is 2.17. The quantitative estimate of drug-likeness (QED) is 0.623. The molecule has 1 aliphatic rings. The van der Waals surface area contributed by atoms with E-state index in [1.165, 1.54) is 6.92 Å². The van der Waals surface area contributed by atoms with Crippen LogP contribution in [0.15, 0.2) is 36.4 Å². The molecule has 0 heterocycles. The van der Waals surface area contributed by atoms with Crippen LogP contribution in [0.4, 0.5) is 0 Å². The molecule has 0 amide bonds. The van der Waals surface area contributed by atoms with Gasteiger partial charge < -0.3 is 0 Å². The normalized spacial score (nSPS) is 21.5. The lowest BCUT2D eigenvalue weighted by molar-refractivity contribution is -0.119. The molecule has 1 aromatic carbocycles. The van der Waals surface area contributed by atoms with E-state index in [1.54, 1.807) is 31.2 Å². The van der Waals surface area contributed by atoms with Gasteiger partial charge in [0.05, 0.1) is 0 Å². The first-order chi connectivity index (χ1) is 9.49. The second-order valence-corrected chi connectivity index (χ2v) is 5.29. The Morgan fingerprint density at radius 3 is 2.10 bits per heavy atom. The molecule has 0 radical (unpaired) electrons. The van der Waals surface area contributed by atoms with Crippen LogP contribution in [0, 0.1) is 11.8 Å². The van der Waals surface area contributed by atoms with Crippen molar-refractivity contribution in [3.63, 3.8) is 0 Å². The molecule has 0 fully saturated rings. The third-order valence-electron chi connectivity index (χ3n) is 3.78. The third-order valence-corrected chi connectivity index (χ3v) is 3.78. The van der Waals surface area contributed by atoms with E-state index >= 15 is 0 Å². The maximum Gasteiger partial charge on any atom is 0.169 e. The smallest absolute Gasteiger partial charge is 0.169 e. The van der Waals surface area contributed by atoms with Crippen molar-refractivity contribution in [2.75, 3.05) is 0 Å². The predicted molar refractivity (Wildman–Crippen MR) is 76.8 cm³/mol. The van der Waals surface area contributed by atoms with Crippen LogP contribution in [0.3, 0.4) is 0 Å². The summed E-state index contributed by atoms with van der Waals surface area (Å²) in [7, 11) is 0. The van der Waals surface area contributed by atoms with Crippen LogP contribution in [0.2, 0.25) is 0 Å². The van der Waals surface area contributed by atoms with Gasteiger partial charge in [-0.05, 0) is 32.8 Å². The monoisotopic (exact) mass is 270 g/mol. The van der Waals surface area contributed by atoms with E-state index in [0.29, 0.717) is 24.0 Å². The topological polar surface area (TPSA) is 51.2 Å². The highest BCUT2D eigenvalue weighted by molar-refractivity contribution is 6.02. The number of hydrogen-bond donors (Lipinski definition) is 0. The molecule has 20 heavy (non-hydrogen) atoms. The molecule has 0 N–H and O–H groups in total. The van der Waals surface area contributed by atoms with Gasteiger partial charge in [-0.2, -0.15) is 0 Å². The summed E-state index contributed by atoms with van der Waals surface area (Å²) in [6.07, 6.45) is 5.07. The lowest BCUT2D eigenvalue weighted by Gasteiger charge is -2.20. The molecule has 2 rings (SSSR count). The van der Waals surface area contributed by atoms with E-state index in [0.717, 1.165) is 0 Å². The molecule has 3 nitrogen and oxygen atoms in total. The number of ketones is 3. The number of carbonyl (C=O) groups excluding carboxylic acids is 3. The summed E-state index contributed by atoms with van der Waals surface area (Å²) in [4.78, 5) is 35.0. The first-order valence-corrected chi connectivity index (χ1v) is 6.83. The molecule has 3 heteroatoms. The molecule has 1 aliphatic carbocycles. The van der Waals surface area contributed by atoms with Crippen molar-refractivity contribution in [1.29, 1.82) is 0 Å². The number of rotatable bonds is 4. The van der Waals surface area contributed by atoms with Crippen LogP contribution in [-0.4, -0.2) is 17.3 Å². The fourth-order valence-electron chi connectivity index (χ4n) is 2.48. The lowest BCUT2D eigenvalue weighted by Crippen LogP contribution is -2.20. The van der Waals surface area contributed by atoms with Crippen molar-refractivity contribution in [3.05, 3.63) is 47.5 Å². The average molecular weight is 270 g/mol. The van der Waals surface area contributed by atoms with Gasteiger partial charge in [0.2, 0.25) is 0 Å². The zero-order chi connectivity index (χ0) is 14.7. The molecule has 0 aliphatic heterocycles. The molecule has 0 saturated heterocycles. The maximum absolute atomic E-state index is 12.4. The molecule has 0 spiro atoms. The van der Waals surface area contributed by atoms with Crippen molar-refractivity contribution in [3.8, 4) is 0 Å². The number of hydrogen-bond acceptors (Lipinski definition) is 3. The second-order valence-electron chi connectivity index (χ2n) is 5.29. The average Bonchev–Trinajstić information content (AvgIpc) is 2.46. The van der Waals surface area contributed by atoms with Crippen LogP contribution in [0.25, 0.3) is 0 Å². The Morgan fingerprint density at radius 2 is 1.55 bits per heavy atom. The molecule has 2 atom stereocenters. The van der Waals surface area contributed by atoms with E-state index in [2.05, 4.69) is 0 Å². The molecular formula is C17H18O3. The van der Waals surface area contributed by atoms with Gasteiger partial charge in [-0.3, -0.25) is 14.4 Å². The minimum absolute atomic E-state index is 0.0198. The Labute approximate surface area is 118 Å². The summed E-state index contributed by atoms with van der Waals surface area (Å²) in [5.41, 5.74) is 1.12. The van der Waals surface area contributed by atoms with E-state index < -0.39 is 0 Å². The van der Waals surface area contributed by atoms with Crippen LogP contribution in [0.5, 0.6) is 0 Å². The molecule has 0 aromatic heterocycles. The van der Waals surface area contributed by atoms with Crippen LogP contribution >= 0.6 is 0 Å². The third kappa shape index (κ3) is 3.10. The van der Waals surface area contributed by atoms with E-state index in [9.17, 15) is 14.4 Å². The minimum Gasteiger partial charge on any atom is -0.299 e. The molecule has 104 valence electrons. The highest BCUT2D eigenvalue weighted by atomic mass is 16.1. The number of allylic oxidation sites excluding steroid dienone is 2. The van der Waals surface area contributed by atoms with E-state index in [4.69, 9.17) is 0 Å². The predicted octanol–water partition coefficient (Wildman–Crippen LogP) is 3.24. The van der Waals surface area contributed by atoms with Crippen molar-refractivity contribution in [2.45, 2.75) is 26.7 Å². The summed E-state index contributed by atoms with van der Waals surface area (Å²) in [6.45, 7) is 3.06. The number of benzene rings is 1. The maximum atomic E-state index is 12.4. The van der Waals surface area contributed by atoms with Gasteiger partial charge in [0, 0.05) is 23.0 Å². The van der Waals surface area contributed by atoms with Crippen molar-refractivity contribution in [1.82, 2.24) is 0 Å². The Morgan fingerprint density at radius 1 is 0.950 bits per heavy atom. The van der Waals surface area contributed by atoms with Crippen molar-refractivity contribution in [2.24, 2.45) is 11.8 Å².